The molecule has 0 aromatic heterocycles. The number of benzene rings is 1. The third kappa shape index (κ3) is 2.95. The van der Waals surface area contributed by atoms with Crippen LogP contribution in [0.4, 0.5) is 9.18 Å². The second-order valence-corrected chi connectivity index (χ2v) is 7.86. The van der Waals surface area contributed by atoms with Crippen LogP contribution in [0.1, 0.15) is 19.3 Å². The van der Waals surface area contributed by atoms with Crippen LogP contribution in [0.15, 0.2) is 29.2 Å². The SMILES string of the molecule is O=C1C2CCCN2C(=O)N1CCCS(=O)(=O)c1ccc(F)cc1. The van der Waals surface area contributed by atoms with E-state index in [0.717, 1.165) is 23.5 Å². The van der Waals surface area contributed by atoms with E-state index in [-0.39, 0.29) is 41.6 Å². The lowest BCUT2D eigenvalue weighted by Gasteiger charge is -2.15. The largest absolute Gasteiger partial charge is 0.327 e. The minimum Gasteiger partial charge on any atom is -0.312 e. The molecule has 2 aliphatic rings. The second-order valence-electron chi connectivity index (χ2n) is 5.75. The monoisotopic (exact) mass is 340 g/mol. The van der Waals surface area contributed by atoms with Crippen LogP contribution in [0.3, 0.4) is 0 Å². The molecule has 23 heavy (non-hydrogen) atoms. The highest BCUT2D eigenvalue weighted by Crippen LogP contribution is 2.27. The highest BCUT2D eigenvalue weighted by molar-refractivity contribution is 7.91. The number of carbonyl (C=O) groups excluding carboxylic acids is 2. The Morgan fingerprint density at radius 2 is 1.87 bits per heavy atom. The van der Waals surface area contributed by atoms with E-state index in [2.05, 4.69) is 0 Å². The maximum absolute atomic E-state index is 12.8. The van der Waals surface area contributed by atoms with E-state index in [1.165, 1.54) is 12.1 Å². The zero-order valence-electron chi connectivity index (χ0n) is 12.4. The number of nitrogens with zero attached hydrogens (tertiary/aromatic N) is 2. The number of imide groups is 1. The zero-order valence-corrected chi connectivity index (χ0v) is 13.3. The predicted molar refractivity (Wildman–Crippen MR) is 79.9 cm³/mol. The highest BCUT2D eigenvalue weighted by Gasteiger charge is 2.46. The first-order chi connectivity index (χ1) is 10.9. The van der Waals surface area contributed by atoms with Crippen molar-refractivity contribution in [3.05, 3.63) is 30.1 Å². The fourth-order valence-corrected chi connectivity index (χ4v) is 4.36. The van der Waals surface area contributed by atoms with Crippen molar-refractivity contribution in [1.29, 1.82) is 0 Å². The first-order valence-corrected chi connectivity index (χ1v) is 9.16. The van der Waals surface area contributed by atoms with E-state index in [0.29, 0.717) is 13.0 Å². The van der Waals surface area contributed by atoms with Gasteiger partial charge in [-0.05, 0) is 43.5 Å². The van der Waals surface area contributed by atoms with E-state index < -0.39 is 15.7 Å². The van der Waals surface area contributed by atoms with E-state index in [4.69, 9.17) is 0 Å². The summed E-state index contributed by atoms with van der Waals surface area (Å²) in [4.78, 5) is 27.0. The van der Waals surface area contributed by atoms with E-state index in [1.807, 2.05) is 0 Å². The van der Waals surface area contributed by atoms with Crippen LogP contribution in [0.2, 0.25) is 0 Å². The van der Waals surface area contributed by atoms with Crippen LogP contribution in [-0.4, -0.2) is 55.0 Å². The van der Waals surface area contributed by atoms with Crippen LogP contribution in [0.25, 0.3) is 0 Å². The molecule has 3 rings (SSSR count). The van der Waals surface area contributed by atoms with Crippen LogP contribution in [-0.2, 0) is 14.6 Å². The van der Waals surface area contributed by atoms with Gasteiger partial charge in [0.2, 0.25) is 0 Å². The van der Waals surface area contributed by atoms with Gasteiger partial charge in [-0.3, -0.25) is 9.69 Å². The molecule has 1 aromatic rings. The van der Waals surface area contributed by atoms with Gasteiger partial charge in [0.15, 0.2) is 9.84 Å². The molecule has 0 aliphatic carbocycles. The predicted octanol–water partition coefficient (Wildman–Crippen LogP) is 1.42. The second kappa shape index (κ2) is 5.92. The van der Waals surface area contributed by atoms with Gasteiger partial charge in [-0.15, -0.1) is 0 Å². The summed E-state index contributed by atoms with van der Waals surface area (Å²) in [5.74, 6) is -0.926. The van der Waals surface area contributed by atoms with Gasteiger partial charge in [-0.25, -0.2) is 17.6 Å². The minimum absolute atomic E-state index is 0.0404. The van der Waals surface area contributed by atoms with Crippen molar-refractivity contribution >= 4 is 21.8 Å². The molecule has 1 atom stereocenters. The Balaban J connectivity index is 1.60. The number of amides is 3. The molecule has 1 unspecified atom stereocenters. The lowest BCUT2D eigenvalue weighted by Crippen LogP contribution is -2.34. The lowest BCUT2D eigenvalue weighted by molar-refractivity contribution is -0.127. The molecule has 0 saturated carbocycles. The Morgan fingerprint density at radius 3 is 2.52 bits per heavy atom. The van der Waals surface area contributed by atoms with Gasteiger partial charge < -0.3 is 4.90 Å². The Kier molecular flexibility index (Phi) is 4.09. The summed E-state index contributed by atoms with van der Waals surface area (Å²) < 4.78 is 37.2. The summed E-state index contributed by atoms with van der Waals surface area (Å²) in [6.45, 7) is 0.671. The van der Waals surface area contributed by atoms with Gasteiger partial charge >= 0.3 is 6.03 Å². The molecule has 2 saturated heterocycles. The van der Waals surface area contributed by atoms with Crippen LogP contribution in [0, 0.1) is 5.82 Å². The topological polar surface area (TPSA) is 74.8 Å². The first-order valence-electron chi connectivity index (χ1n) is 7.50. The third-order valence-corrected chi connectivity index (χ3v) is 6.06. The number of urea groups is 1. The first kappa shape index (κ1) is 15.9. The average Bonchev–Trinajstić information content (AvgIpc) is 3.07. The molecule has 2 heterocycles. The maximum atomic E-state index is 12.8. The van der Waals surface area contributed by atoms with Crippen LogP contribution >= 0.6 is 0 Å². The summed E-state index contributed by atoms with van der Waals surface area (Å²) in [7, 11) is -3.55. The molecule has 3 amide bonds. The van der Waals surface area contributed by atoms with Gasteiger partial charge in [0.05, 0.1) is 10.6 Å². The third-order valence-electron chi connectivity index (χ3n) is 4.25. The number of carbonyl (C=O) groups is 2. The standard InChI is InChI=1S/C15H17FN2O4S/c16-11-4-6-12(7-5-11)23(21,22)10-2-9-18-14(19)13-3-1-8-17(13)15(18)20/h4-7,13H,1-3,8-10H2. The Hall–Kier alpha value is -1.96. The minimum atomic E-state index is -3.55. The fraction of sp³-hybridized carbons (Fsp3) is 0.467. The van der Waals surface area contributed by atoms with Crippen molar-refractivity contribution in [3.63, 3.8) is 0 Å². The number of halogens is 1. The van der Waals surface area contributed by atoms with Crippen molar-refractivity contribution in [3.8, 4) is 0 Å². The summed E-state index contributed by atoms with van der Waals surface area (Å²) in [5, 5.41) is 0. The summed E-state index contributed by atoms with van der Waals surface area (Å²) >= 11 is 0. The molecule has 0 N–H and O–H groups in total. The normalized spacial score (nSPS) is 21.2. The van der Waals surface area contributed by atoms with Crippen LogP contribution < -0.4 is 0 Å². The lowest BCUT2D eigenvalue weighted by atomic mass is 10.2. The number of hydrogen-bond donors (Lipinski definition) is 0. The molecule has 124 valence electrons. The van der Waals surface area contributed by atoms with Crippen molar-refractivity contribution in [2.75, 3.05) is 18.8 Å². The van der Waals surface area contributed by atoms with Crippen molar-refractivity contribution in [2.45, 2.75) is 30.2 Å². The Morgan fingerprint density at radius 1 is 1.17 bits per heavy atom. The molecule has 0 bridgehead atoms. The van der Waals surface area contributed by atoms with Crippen molar-refractivity contribution in [1.82, 2.24) is 9.80 Å². The summed E-state index contributed by atoms with van der Waals surface area (Å²) in [6.07, 6.45) is 1.67. The van der Waals surface area contributed by atoms with Crippen LogP contribution in [0.5, 0.6) is 0 Å². The average molecular weight is 340 g/mol. The molecule has 1 aromatic carbocycles. The zero-order chi connectivity index (χ0) is 16.6. The van der Waals surface area contributed by atoms with Gasteiger partial charge in [0.1, 0.15) is 11.9 Å². The van der Waals surface area contributed by atoms with Gasteiger partial charge in [-0.1, -0.05) is 0 Å². The van der Waals surface area contributed by atoms with Crippen molar-refractivity contribution < 1.29 is 22.4 Å². The Bertz CT molecular complexity index is 710. The number of fused-ring (bicyclic) bond motifs is 1. The molecule has 6 nitrogen and oxygen atoms in total. The molecule has 2 fully saturated rings. The van der Waals surface area contributed by atoms with E-state index in [9.17, 15) is 22.4 Å². The quantitative estimate of drug-likeness (QED) is 0.600. The van der Waals surface area contributed by atoms with Gasteiger partial charge in [-0.2, -0.15) is 0 Å². The molecular weight excluding hydrogens is 323 g/mol. The van der Waals surface area contributed by atoms with Gasteiger partial charge in [0.25, 0.3) is 5.91 Å². The smallest absolute Gasteiger partial charge is 0.312 e. The Labute approximate surface area is 133 Å². The molecule has 0 spiro atoms. The van der Waals surface area contributed by atoms with Gasteiger partial charge in [0, 0.05) is 13.1 Å². The fourth-order valence-electron chi connectivity index (χ4n) is 3.06. The van der Waals surface area contributed by atoms with E-state index >= 15 is 0 Å². The summed E-state index contributed by atoms with van der Waals surface area (Å²) in [5.41, 5.74) is 0. The number of rotatable bonds is 5. The van der Waals surface area contributed by atoms with E-state index in [1.54, 1.807) is 4.90 Å². The highest BCUT2D eigenvalue weighted by atomic mass is 32.2. The number of hydrogen-bond acceptors (Lipinski definition) is 4. The number of sulfone groups is 1. The van der Waals surface area contributed by atoms with Crippen molar-refractivity contribution in [2.24, 2.45) is 0 Å². The molecule has 2 aliphatic heterocycles. The maximum Gasteiger partial charge on any atom is 0.327 e. The molecule has 0 radical (unpaired) electrons. The molecule has 8 heteroatoms. The molecular formula is C15H17FN2O4S. The summed E-state index contributed by atoms with van der Waals surface area (Å²) in [6, 6.07) is 3.93.